The summed E-state index contributed by atoms with van der Waals surface area (Å²) in [5.41, 5.74) is 0. The van der Waals surface area contributed by atoms with Crippen LogP contribution in [-0.2, 0) is 4.79 Å². The van der Waals surface area contributed by atoms with Crippen LogP contribution in [0, 0.1) is 5.92 Å². The van der Waals surface area contributed by atoms with Crippen LogP contribution >= 0.6 is 15.9 Å². The third-order valence-electron chi connectivity index (χ3n) is 4.18. The summed E-state index contributed by atoms with van der Waals surface area (Å²) in [6.45, 7) is 0. The first-order chi connectivity index (χ1) is 9.24. The number of aromatic nitrogens is 1. The van der Waals surface area contributed by atoms with Crippen molar-refractivity contribution in [3.05, 3.63) is 22.8 Å². The molecule has 0 spiro atoms. The summed E-state index contributed by atoms with van der Waals surface area (Å²) in [6, 6.07) is 4.19. The van der Waals surface area contributed by atoms with Crippen LogP contribution in [0.1, 0.15) is 32.1 Å². The topological polar surface area (TPSA) is 54.0 Å². The standard InChI is InChI=1S/C14H18BrN3O/c15-10-5-3-7-16-13(10)18-14(19)12-8-9-4-1-2-6-11(9)17-12/h3,5,7,9,11-12,17H,1-2,4,6,8H2,(H,16,18,19). The molecule has 2 aliphatic rings. The summed E-state index contributed by atoms with van der Waals surface area (Å²) < 4.78 is 0.818. The second-order valence-corrected chi connectivity index (χ2v) is 6.28. The van der Waals surface area contributed by atoms with Gasteiger partial charge in [0.1, 0.15) is 5.82 Å². The van der Waals surface area contributed by atoms with Crippen LogP contribution in [-0.4, -0.2) is 23.0 Å². The molecule has 0 bridgehead atoms. The molecule has 3 unspecified atom stereocenters. The Hall–Kier alpha value is -0.940. The Balaban J connectivity index is 1.64. The summed E-state index contributed by atoms with van der Waals surface area (Å²) in [4.78, 5) is 16.4. The Labute approximate surface area is 121 Å². The average Bonchev–Trinajstić information content (AvgIpc) is 2.85. The largest absolute Gasteiger partial charge is 0.308 e. The quantitative estimate of drug-likeness (QED) is 0.879. The van der Waals surface area contributed by atoms with Gasteiger partial charge in [-0.3, -0.25) is 4.79 Å². The molecule has 4 nitrogen and oxygen atoms in total. The Kier molecular flexibility index (Phi) is 3.84. The third kappa shape index (κ3) is 2.82. The number of anilines is 1. The molecule has 0 aromatic carbocycles. The van der Waals surface area contributed by atoms with E-state index in [-0.39, 0.29) is 11.9 Å². The van der Waals surface area contributed by atoms with Crippen molar-refractivity contribution >= 4 is 27.7 Å². The van der Waals surface area contributed by atoms with Crippen molar-refractivity contribution in [1.29, 1.82) is 0 Å². The Morgan fingerprint density at radius 1 is 1.42 bits per heavy atom. The number of carbonyl (C=O) groups is 1. The van der Waals surface area contributed by atoms with Gasteiger partial charge in [-0.2, -0.15) is 0 Å². The van der Waals surface area contributed by atoms with Gasteiger partial charge in [-0.05, 0) is 53.2 Å². The number of halogens is 1. The molecule has 1 aliphatic heterocycles. The second-order valence-electron chi connectivity index (χ2n) is 5.43. The van der Waals surface area contributed by atoms with Crippen molar-refractivity contribution < 1.29 is 4.79 Å². The van der Waals surface area contributed by atoms with Crippen molar-refractivity contribution in [1.82, 2.24) is 10.3 Å². The van der Waals surface area contributed by atoms with E-state index in [1.54, 1.807) is 6.20 Å². The molecule has 2 N–H and O–H groups in total. The normalized spacial score (nSPS) is 29.8. The van der Waals surface area contributed by atoms with Gasteiger partial charge in [0.05, 0.1) is 10.5 Å². The minimum atomic E-state index is -0.0676. The van der Waals surface area contributed by atoms with Crippen LogP contribution in [0.25, 0.3) is 0 Å². The zero-order chi connectivity index (χ0) is 13.2. The van der Waals surface area contributed by atoms with Gasteiger partial charge >= 0.3 is 0 Å². The van der Waals surface area contributed by atoms with E-state index in [0.29, 0.717) is 17.8 Å². The van der Waals surface area contributed by atoms with Gasteiger partial charge in [0.15, 0.2) is 0 Å². The number of pyridine rings is 1. The lowest BCUT2D eigenvalue weighted by molar-refractivity contribution is -0.117. The molecule has 0 radical (unpaired) electrons. The fourth-order valence-corrected chi connectivity index (χ4v) is 3.56. The lowest BCUT2D eigenvalue weighted by Gasteiger charge is -2.24. The van der Waals surface area contributed by atoms with Gasteiger partial charge in [-0.1, -0.05) is 12.8 Å². The highest BCUT2D eigenvalue weighted by Gasteiger charge is 2.38. The number of hydrogen-bond donors (Lipinski definition) is 2. The van der Waals surface area contributed by atoms with Crippen LogP contribution in [0.3, 0.4) is 0 Å². The first-order valence-electron chi connectivity index (χ1n) is 6.91. The van der Waals surface area contributed by atoms with E-state index in [0.717, 1.165) is 10.9 Å². The van der Waals surface area contributed by atoms with E-state index in [9.17, 15) is 4.79 Å². The van der Waals surface area contributed by atoms with E-state index < -0.39 is 0 Å². The Morgan fingerprint density at radius 3 is 3.05 bits per heavy atom. The van der Waals surface area contributed by atoms with Gasteiger partial charge in [0.2, 0.25) is 5.91 Å². The smallest absolute Gasteiger partial charge is 0.242 e. The molecule has 2 heterocycles. The lowest BCUT2D eigenvalue weighted by atomic mass is 9.85. The fourth-order valence-electron chi connectivity index (χ4n) is 3.20. The van der Waals surface area contributed by atoms with Gasteiger partial charge < -0.3 is 10.6 Å². The predicted molar refractivity (Wildman–Crippen MR) is 77.9 cm³/mol. The predicted octanol–water partition coefficient (Wildman–Crippen LogP) is 2.70. The molecule has 1 aromatic heterocycles. The Bertz CT molecular complexity index is 466. The maximum atomic E-state index is 12.3. The number of carbonyl (C=O) groups excluding carboxylic acids is 1. The number of hydrogen-bond acceptors (Lipinski definition) is 3. The van der Waals surface area contributed by atoms with Gasteiger partial charge in [-0.25, -0.2) is 4.98 Å². The highest BCUT2D eigenvalue weighted by atomic mass is 79.9. The number of fused-ring (bicyclic) bond motifs is 1. The maximum absolute atomic E-state index is 12.3. The SMILES string of the molecule is O=C(Nc1ncccc1Br)C1CC2CCCCC2N1. The first kappa shape index (κ1) is 13.1. The molecule has 1 saturated heterocycles. The van der Waals surface area contributed by atoms with Crippen LogP contribution in [0.4, 0.5) is 5.82 Å². The molecule has 5 heteroatoms. The highest BCUT2D eigenvalue weighted by Crippen LogP contribution is 2.33. The average molecular weight is 324 g/mol. The van der Waals surface area contributed by atoms with Gasteiger partial charge in [0.25, 0.3) is 0 Å². The zero-order valence-corrected chi connectivity index (χ0v) is 12.3. The molecular weight excluding hydrogens is 306 g/mol. The van der Waals surface area contributed by atoms with E-state index in [4.69, 9.17) is 0 Å². The van der Waals surface area contributed by atoms with Crippen molar-refractivity contribution in [3.8, 4) is 0 Å². The van der Waals surface area contributed by atoms with Crippen molar-refractivity contribution in [2.75, 3.05) is 5.32 Å². The summed E-state index contributed by atoms with van der Waals surface area (Å²) in [7, 11) is 0. The molecule has 3 rings (SSSR count). The molecule has 1 aromatic rings. The number of amides is 1. The number of nitrogens with zero attached hydrogens (tertiary/aromatic N) is 1. The first-order valence-corrected chi connectivity index (χ1v) is 7.71. The van der Waals surface area contributed by atoms with Crippen LogP contribution in [0.5, 0.6) is 0 Å². The zero-order valence-electron chi connectivity index (χ0n) is 10.7. The molecule has 3 atom stereocenters. The molecule has 1 saturated carbocycles. The van der Waals surface area contributed by atoms with Crippen LogP contribution in [0.15, 0.2) is 22.8 Å². The number of rotatable bonds is 2. The number of nitrogens with one attached hydrogen (secondary N) is 2. The highest BCUT2D eigenvalue weighted by molar-refractivity contribution is 9.10. The minimum absolute atomic E-state index is 0.0359. The molecule has 102 valence electrons. The monoisotopic (exact) mass is 323 g/mol. The Morgan fingerprint density at radius 2 is 2.26 bits per heavy atom. The molecule has 19 heavy (non-hydrogen) atoms. The van der Waals surface area contributed by atoms with Crippen molar-refractivity contribution in [3.63, 3.8) is 0 Å². The lowest BCUT2D eigenvalue weighted by Crippen LogP contribution is -2.40. The van der Waals surface area contributed by atoms with Crippen molar-refractivity contribution in [2.24, 2.45) is 5.92 Å². The van der Waals surface area contributed by atoms with Crippen LogP contribution < -0.4 is 10.6 Å². The summed E-state index contributed by atoms with van der Waals surface area (Å²) in [6.07, 6.45) is 7.71. The van der Waals surface area contributed by atoms with E-state index in [1.165, 1.54) is 25.7 Å². The second kappa shape index (κ2) is 5.59. The fraction of sp³-hybridized carbons (Fsp3) is 0.571. The molecular formula is C14H18BrN3O. The van der Waals surface area contributed by atoms with Crippen molar-refractivity contribution in [2.45, 2.75) is 44.2 Å². The van der Waals surface area contributed by atoms with Crippen LogP contribution in [0.2, 0.25) is 0 Å². The molecule has 1 aliphatic carbocycles. The summed E-state index contributed by atoms with van der Waals surface area (Å²) in [5.74, 6) is 1.31. The summed E-state index contributed by atoms with van der Waals surface area (Å²) >= 11 is 3.40. The van der Waals surface area contributed by atoms with Gasteiger partial charge in [0, 0.05) is 12.2 Å². The van der Waals surface area contributed by atoms with Gasteiger partial charge in [-0.15, -0.1) is 0 Å². The maximum Gasteiger partial charge on any atom is 0.242 e. The van der Waals surface area contributed by atoms with E-state index in [2.05, 4.69) is 31.5 Å². The summed E-state index contributed by atoms with van der Waals surface area (Å²) in [5, 5.41) is 6.38. The van der Waals surface area contributed by atoms with E-state index in [1.807, 2.05) is 12.1 Å². The molecule has 2 fully saturated rings. The van der Waals surface area contributed by atoms with E-state index >= 15 is 0 Å². The third-order valence-corrected chi connectivity index (χ3v) is 4.82. The molecule has 1 amide bonds. The minimum Gasteiger partial charge on any atom is -0.308 e.